The highest BCUT2D eigenvalue weighted by Crippen LogP contribution is 2.39. The number of carbonyl (C=O) groups is 1. The Morgan fingerprint density at radius 3 is 1.80 bits per heavy atom. The average Bonchev–Trinajstić information content (AvgIpc) is 2.78. The van der Waals surface area contributed by atoms with Crippen LogP contribution in [0.3, 0.4) is 0 Å². The summed E-state index contributed by atoms with van der Waals surface area (Å²) in [6.07, 6.45) is -4.39. The number of aliphatic hydroxyl groups excluding tert-OH is 2. The second kappa shape index (κ2) is 5.54. The molecular weight excluding hydrogens is 337 g/mol. The first-order valence-corrected chi connectivity index (χ1v) is 7.27. The zero-order valence-electron chi connectivity index (χ0n) is 13.0. The minimum Gasteiger partial charge on any atom is -0.505 e. The number of hydrogen-bond donors (Lipinski definition) is 2. The van der Waals surface area contributed by atoms with Crippen LogP contribution in [-0.2, 0) is 21.3 Å². The van der Waals surface area contributed by atoms with Gasteiger partial charge in [-0.1, -0.05) is 36.4 Å². The van der Waals surface area contributed by atoms with Crippen molar-refractivity contribution in [1.29, 1.82) is 0 Å². The molecule has 7 heteroatoms. The number of esters is 1. The lowest BCUT2D eigenvalue weighted by molar-refractivity contribution is -0.149. The van der Waals surface area contributed by atoms with Crippen molar-refractivity contribution in [2.75, 3.05) is 0 Å². The van der Waals surface area contributed by atoms with Crippen molar-refractivity contribution in [2.24, 2.45) is 0 Å². The molecule has 0 saturated heterocycles. The SMILES string of the molecule is CC1(c2ccc(-c3ccc(C(F)(F)F)cc3)cc2)OC(=O)C(O)=C1O. The summed E-state index contributed by atoms with van der Waals surface area (Å²) in [5.74, 6) is -2.44. The molecule has 1 heterocycles. The number of aliphatic hydroxyl groups is 2. The number of cyclic esters (lactones) is 1. The first-order valence-electron chi connectivity index (χ1n) is 7.27. The van der Waals surface area contributed by atoms with Gasteiger partial charge in [-0.25, -0.2) is 4.79 Å². The summed E-state index contributed by atoms with van der Waals surface area (Å²) in [5, 5.41) is 19.4. The number of carbonyl (C=O) groups excluding carboxylic acids is 1. The maximum absolute atomic E-state index is 12.6. The molecule has 2 aromatic rings. The third kappa shape index (κ3) is 2.82. The maximum atomic E-state index is 12.6. The van der Waals surface area contributed by atoms with E-state index in [1.54, 1.807) is 24.3 Å². The van der Waals surface area contributed by atoms with Crippen molar-refractivity contribution in [1.82, 2.24) is 0 Å². The van der Waals surface area contributed by atoms with Gasteiger partial charge in [0, 0.05) is 5.56 Å². The fraction of sp³-hybridized carbons (Fsp3) is 0.167. The molecule has 0 saturated carbocycles. The molecule has 0 fully saturated rings. The highest BCUT2D eigenvalue weighted by atomic mass is 19.4. The van der Waals surface area contributed by atoms with E-state index in [1.807, 2.05) is 0 Å². The molecule has 0 radical (unpaired) electrons. The van der Waals surface area contributed by atoms with E-state index < -0.39 is 34.8 Å². The Balaban J connectivity index is 1.90. The minimum absolute atomic E-state index is 0.415. The van der Waals surface area contributed by atoms with Crippen molar-refractivity contribution in [3.05, 3.63) is 71.2 Å². The maximum Gasteiger partial charge on any atom is 0.416 e. The van der Waals surface area contributed by atoms with Crippen molar-refractivity contribution >= 4 is 5.97 Å². The van der Waals surface area contributed by atoms with Crippen LogP contribution in [0.2, 0.25) is 0 Å². The molecule has 2 aromatic carbocycles. The van der Waals surface area contributed by atoms with Crippen molar-refractivity contribution < 1.29 is 32.9 Å². The van der Waals surface area contributed by atoms with Gasteiger partial charge >= 0.3 is 12.1 Å². The number of hydrogen-bond acceptors (Lipinski definition) is 4. The van der Waals surface area contributed by atoms with Gasteiger partial charge in [0.1, 0.15) is 0 Å². The van der Waals surface area contributed by atoms with Crippen LogP contribution in [0.15, 0.2) is 60.0 Å². The van der Waals surface area contributed by atoms with E-state index in [0.29, 0.717) is 16.7 Å². The standard InChI is InChI=1S/C18H13F3O4/c1-17(15(23)14(22)16(24)25-17)12-6-2-10(3-7-12)11-4-8-13(9-5-11)18(19,20)21/h2-9,22-23H,1H3. The second-order valence-electron chi connectivity index (χ2n) is 5.77. The molecule has 1 aliphatic rings. The summed E-state index contributed by atoms with van der Waals surface area (Å²) < 4.78 is 42.8. The predicted octanol–water partition coefficient (Wildman–Crippen LogP) is 4.47. The van der Waals surface area contributed by atoms with E-state index in [9.17, 15) is 28.2 Å². The van der Waals surface area contributed by atoms with Crippen molar-refractivity contribution in [3.8, 4) is 11.1 Å². The van der Waals surface area contributed by atoms with Crippen LogP contribution in [0, 0.1) is 0 Å². The Bertz CT molecular complexity index is 851. The van der Waals surface area contributed by atoms with Crippen LogP contribution in [0.5, 0.6) is 0 Å². The van der Waals surface area contributed by atoms with Gasteiger partial charge in [0.15, 0.2) is 11.4 Å². The third-order valence-electron chi connectivity index (χ3n) is 4.15. The monoisotopic (exact) mass is 350 g/mol. The Labute approximate surface area is 140 Å². The molecule has 0 bridgehead atoms. The summed E-state index contributed by atoms with van der Waals surface area (Å²) in [7, 11) is 0. The van der Waals surface area contributed by atoms with E-state index in [0.717, 1.165) is 12.1 Å². The van der Waals surface area contributed by atoms with E-state index in [2.05, 4.69) is 0 Å². The predicted molar refractivity (Wildman–Crippen MR) is 82.6 cm³/mol. The van der Waals surface area contributed by atoms with Gasteiger partial charge in [0.25, 0.3) is 0 Å². The summed E-state index contributed by atoms with van der Waals surface area (Å²) in [6, 6.07) is 11.1. The van der Waals surface area contributed by atoms with Crippen molar-refractivity contribution in [3.63, 3.8) is 0 Å². The summed E-state index contributed by atoms with van der Waals surface area (Å²) >= 11 is 0. The molecule has 1 aliphatic heterocycles. The molecule has 4 nitrogen and oxygen atoms in total. The number of alkyl halides is 3. The highest BCUT2D eigenvalue weighted by molar-refractivity contribution is 5.90. The Kier molecular flexibility index (Phi) is 3.74. The molecule has 130 valence electrons. The topological polar surface area (TPSA) is 66.8 Å². The van der Waals surface area contributed by atoms with E-state index in [4.69, 9.17) is 4.74 Å². The normalized spacial score (nSPS) is 20.7. The summed E-state index contributed by atoms with van der Waals surface area (Å²) in [5.41, 5.74) is -0.588. The van der Waals surface area contributed by atoms with E-state index >= 15 is 0 Å². The molecule has 25 heavy (non-hydrogen) atoms. The fourth-order valence-electron chi connectivity index (χ4n) is 2.63. The van der Waals surface area contributed by atoms with Gasteiger partial charge in [-0.2, -0.15) is 13.2 Å². The summed E-state index contributed by atoms with van der Waals surface area (Å²) in [4.78, 5) is 11.4. The van der Waals surface area contributed by atoms with Gasteiger partial charge in [-0.15, -0.1) is 0 Å². The Morgan fingerprint density at radius 2 is 1.40 bits per heavy atom. The van der Waals surface area contributed by atoms with Crippen molar-refractivity contribution in [2.45, 2.75) is 18.7 Å². The average molecular weight is 350 g/mol. The Morgan fingerprint density at radius 1 is 0.920 bits per heavy atom. The number of halogens is 3. The lowest BCUT2D eigenvalue weighted by Gasteiger charge is -2.23. The van der Waals surface area contributed by atoms with Gasteiger partial charge in [0.05, 0.1) is 5.56 Å². The van der Waals surface area contributed by atoms with Gasteiger partial charge in [-0.05, 0) is 30.2 Å². The number of benzene rings is 2. The van der Waals surface area contributed by atoms with Crippen LogP contribution in [-0.4, -0.2) is 16.2 Å². The molecule has 1 unspecified atom stereocenters. The third-order valence-corrected chi connectivity index (χ3v) is 4.15. The van der Waals surface area contributed by atoms with E-state index in [1.165, 1.54) is 19.1 Å². The van der Waals surface area contributed by atoms with Gasteiger partial charge in [0.2, 0.25) is 5.76 Å². The lowest BCUT2D eigenvalue weighted by Crippen LogP contribution is -2.25. The molecule has 1 atom stereocenters. The van der Waals surface area contributed by atoms with Crippen LogP contribution in [0.25, 0.3) is 11.1 Å². The molecule has 0 aliphatic carbocycles. The van der Waals surface area contributed by atoms with Crippen LogP contribution in [0.4, 0.5) is 13.2 Å². The van der Waals surface area contributed by atoms with Gasteiger partial charge < -0.3 is 14.9 Å². The minimum atomic E-state index is -4.39. The summed E-state index contributed by atoms with van der Waals surface area (Å²) in [6.45, 7) is 1.43. The number of rotatable bonds is 2. The molecule has 0 amide bonds. The largest absolute Gasteiger partial charge is 0.505 e. The second-order valence-corrected chi connectivity index (χ2v) is 5.77. The first-order chi connectivity index (χ1) is 11.6. The Hall–Kier alpha value is -2.96. The van der Waals surface area contributed by atoms with E-state index in [-0.39, 0.29) is 0 Å². The molecule has 0 spiro atoms. The van der Waals surface area contributed by atoms with Crippen LogP contribution in [0.1, 0.15) is 18.1 Å². The lowest BCUT2D eigenvalue weighted by atomic mass is 9.92. The highest BCUT2D eigenvalue weighted by Gasteiger charge is 2.46. The molecule has 0 aromatic heterocycles. The molecule has 2 N–H and O–H groups in total. The van der Waals surface area contributed by atoms with Crippen LogP contribution >= 0.6 is 0 Å². The van der Waals surface area contributed by atoms with Crippen LogP contribution < -0.4 is 0 Å². The first kappa shape index (κ1) is 16.9. The zero-order valence-corrected chi connectivity index (χ0v) is 13.0. The van der Waals surface area contributed by atoms with Gasteiger partial charge in [-0.3, -0.25) is 0 Å². The smallest absolute Gasteiger partial charge is 0.416 e. The zero-order chi connectivity index (χ0) is 18.4. The quantitative estimate of drug-likeness (QED) is 0.784. The number of ether oxygens (including phenoxy) is 1. The molecular formula is C18H13F3O4. The fourth-order valence-corrected chi connectivity index (χ4v) is 2.63. The molecule has 3 rings (SSSR count).